The fourth-order valence-corrected chi connectivity index (χ4v) is 1.41. The van der Waals surface area contributed by atoms with E-state index in [1.54, 1.807) is 6.92 Å². The van der Waals surface area contributed by atoms with Crippen molar-refractivity contribution in [1.82, 2.24) is 10.2 Å². The number of carbonyl (C=O) groups is 3. The molecule has 1 saturated heterocycles. The molecule has 6 nitrogen and oxygen atoms in total. The standard InChI is InChI=1S/C8H12N2O4/c1-5-4-6(11)9-2-3-10(5)7(12)8(13)14/h5H,2-4H2,1H3,(H,9,11)(H,13,14). The van der Waals surface area contributed by atoms with Crippen LogP contribution in [0.15, 0.2) is 0 Å². The molecule has 14 heavy (non-hydrogen) atoms. The Hall–Kier alpha value is -1.59. The summed E-state index contributed by atoms with van der Waals surface area (Å²) < 4.78 is 0. The van der Waals surface area contributed by atoms with Crippen LogP contribution in [-0.4, -0.2) is 46.9 Å². The molecule has 0 saturated carbocycles. The first kappa shape index (κ1) is 10.5. The number of nitrogens with zero attached hydrogens (tertiary/aromatic N) is 1. The van der Waals surface area contributed by atoms with Gasteiger partial charge in [-0.1, -0.05) is 0 Å². The van der Waals surface area contributed by atoms with E-state index in [0.717, 1.165) is 0 Å². The van der Waals surface area contributed by atoms with Gasteiger partial charge in [0, 0.05) is 25.6 Å². The SMILES string of the molecule is CC1CC(=O)NCCN1C(=O)C(=O)O. The number of rotatable bonds is 0. The second-order valence-corrected chi connectivity index (χ2v) is 3.21. The molecular formula is C8H12N2O4. The van der Waals surface area contributed by atoms with Gasteiger partial charge in [0.1, 0.15) is 0 Å². The van der Waals surface area contributed by atoms with Crippen molar-refractivity contribution >= 4 is 17.8 Å². The van der Waals surface area contributed by atoms with Crippen LogP contribution in [0.5, 0.6) is 0 Å². The molecule has 0 spiro atoms. The fourth-order valence-electron chi connectivity index (χ4n) is 1.41. The molecule has 1 heterocycles. The zero-order valence-electron chi connectivity index (χ0n) is 7.82. The van der Waals surface area contributed by atoms with Gasteiger partial charge < -0.3 is 15.3 Å². The van der Waals surface area contributed by atoms with Crippen LogP contribution >= 0.6 is 0 Å². The lowest BCUT2D eigenvalue weighted by atomic mass is 10.2. The third kappa shape index (κ3) is 2.21. The molecule has 1 aliphatic heterocycles. The van der Waals surface area contributed by atoms with E-state index in [1.807, 2.05) is 0 Å². The molecule has 0 aromatic heterocycles. The predicted octanol–water partition coefficient (Wildman–Crippen LogP) is -1.19. The summed E-state index contributed by atoms with van der Waals surface area (Å²) in [7, 11) is 0. The summed E-state index contributed by atoms with van der Waals surface area (Å²) in [6.45, 7) is 2.21. The van der Waals surface area contributed by atoms with Crippen LogP contribution in [0, 0.1) is 0 Å². The molecule has 0 aromatic carbocycles. The molecule has 1 aliphatic rings. The lowest BCUT2D eigenvalue weighted by molar-refractivity contribution is -0.157. The molecule has 6 heteroatoms. The van der Waals surface area contributed by atoms with Crippen molar-refractivity contribution in [1.29, 1.82) is 0 Å². The quantitative estimate of drug-likeness (QED) is 0.481. The maximum atomic E-state index is 11.2. The normalized spacial score (nSPS) is 22.5. The van der Waals surface area contributed by atoms with Gasteiger partial charge in [-0.3, -0.25) is 9.59 Å². The van der Waals surface area contributed by atoms with Crippen molar-refractivity contribution in [3.8, 4) is 0 Å². The minimum Gasteiger partial charge on any atom is -0.474 e. The van der Waals surface area contributed by atoms with Crippen LogP contribution in [0.4, 0.5) is 0 Å². The Morgan fingerprint density at radius 1 is 1.57 bits per heavy atom. The van der Waals surface area contributed by atoms with E-state index in [0.29, 0.717) is 6.54 Å². The van der Waals surface area contributed by atoms with E-state index in [4.69, 9.17) is 5.11 Å². The number of carbonyl (C=O) groups excluding carboxylic acids is 2. The first-order valence-electron chi connectivity index (χ1n) is 4.33. The first-order chi connectivity index (χ1) is 6.52. The lowest BCUT2D eigenvalue weighted by Crippen LogP contribution is -2.43. The van der Waals surface area contributed by atoms with Crippen LogP contribution in [0.25, 0.3) is 0 Å². The van der Waals surface area contributed by atoms with Gasteiger partial charge >= 0.3 is 11.9 Å². The van der Waals surface area contributed by atoms with E-state index < -0.39 is 11.9 Å². The third-order valence-corrected chi connectivity index (χ3v) is 2.13. The van der Waals surface area contributed by atoms with Gasteiger partial charge in [0.25, 0.3) is 0 Å². The van der Waals surface area contributed by atoms with Crippen molar-refractivity contribution < 1.29 is 19.5 Å². The Labute approximate surface area is 80.9 Å². The maximum absolute atomic E-state index is 11.2. The van der Waals surface area contributed by atoms with Crippen molar-refractivity contribution in [2.45, 2.75) is 19.4 Å². The zero-order valence-corrected chi connectivity index (χ0v) is 7.82. The second-order valence-electron chi connectivity index (χ2n) is 3.21. The van der Waals surface area contributed by atoms with Gasteiger partial charge in [-0.05, 0) is 6.92 Å². The molecule has 1 unspecified atom stereocenters. The average molecular weight is 200 g/mol. The smallest absolute Gasteiger partial charge is 0.394 e. The van der Waals surface area contributed by atoms with Crippen LogP contribution in [-0.2, 0) is 14.4 Å². The van der Waals surface area contributed by atoms with Crippen LogP contribution in [0.1, 0.15) is 13.3 Å². The Balaban J connectivity index is 2.72. The highest BCUT2D eigenvalue weighted by Gasteiger charge is 2.28. The number of hydrogen-bond acceptors (Lipinski definition) is 3. The van der Waals surface area contributed by atoms with E-state index >= 15 is 0 Å². The molecule has 1 rings (SSSR count). The first-order valence-corrected chi connectivity index (χ1v) is 4.33. The van der Waals surface area contributed by atoms with Crippen LogP contribution in [0.3, 0.4) is 0 Å². The molecule has 0 radical (unpaired) electrons. The predicted molar refractivity (Wildman–Crippen MR) is 46.4 cm³/mol. The summed E-state index contributed by atoms with van der Waals surface area (Å²) >= 11 is 0. The molecule has 1 atom stereocenters. The lowest BCUT2D eigenvalue weighted by Gasteiger charge is -2.23. The van der Waals surface area contributed by atoms with E-state index in [2.05, 4.69) is 5.32 Å². The zero-order chi connectivity index (χ0) is 10.7. The Morgan fingerprint density at radius 2 is 2.21 bits per heavy atom. The summed E-state index contributed by atoms with van der Waals surface area (Å²) in [6.07, 6.45) is 0.152. The number of hydrogen-bond donors (Lipinski definition) is 2. The molecule has 0 bridgehead atoms. The second kappa shape index (κ2) is 4.08. The minimum absolute atomic E-state index is 0.152. The molecule has 2 amide bonds. The number of amides is 2. The van der Waals surface area contributed by atoms with Crippen molar-refractivity contribution in [3.05, 3.63) is 0 Å². The molecule has 2 N–H and O–H groups in total. The van der Waals surface area contributed by atoms with Gasteiger partial charge in [-0.15, -0.1) is 0 Å². The number of nitrogens with one attached hydrogen (secondary N) is 1. The molecule has 1 fully saturated rings. The molecule has 0 aliphatic carbocycles. The number of aliphatic carboxylic acids is 1. The van der Waals surface area contributed by atoms with Gasteiger partial charge in [-0.25, -0.2) is 4.79 Å². The maximum Gasteiger partial charge on any atom is 0.394 e. The fraction of sp³-hybridized carbons (Fsp3) is 0.625. The molecular weight excluding hydrogens is 188 g/mol. The summed E-state index contributed by atoms with van der Waals surface area (Å²) in [6, 6.07) is -0.360. The Kier molecular flexibility index (Phi) is 3.06. The summed E-state index contributed by atoms with van der Waals surface area (Å²) in [4.78, 5) is 33.8. The van der Waals surface area contributed by atoms with Gasteiger partial charge in [0.15, 0.2) is 0 Å². The highest BCUT2D eigenvalue weighted by Crippen LogP contribution is 2.06. The van der Waals surface area contributed by atoms with E-state index in [1.165, 1.54) is 4.90 Å². The Bertz CT molecular complexity index is 277. The number of carboxylic acid groups (broad SMARTS) is 1. The van der Waals surface area contributed by atoms with Crippen LogP contribution < -0.4 is 5.32 Å². The van der Waals surface area contributed by atoms with Crippen molar-refractivity contribution in [3.63, 3.8) is 0 Å². The van der Waals surface area contributed by atoms with Crippen LogP contribution in [0.2, 0.25) is 0 Å². The van der Waals surface area contributed by atoms with Gasteiger partial charge in [0.05, 0.1) is 0 Å². The molecule has 78 valence electrons. The Morgan fingerprint density at radius 3 is 2.79 bits per heavy atom. The van der Waals surface area contributed by atoms with Crippen molar-refractivity contribution in [2.75, 3.05) is 13.1 Å². The third-order valence-electron chi connectivity index (χ3n) is 2.13. The summed E-state index contributed by atoms with van der Waals surface area (Å²) in [5, 5.41) is 11.1. The number of carboxylic acids is 1. The van der Waals surface area contributed by atoms with Crippen molar-refractivity contribution in [2.24, 2.45) is 0 Å². The van der Waals surface area contributed by atoms with Gasteiger partial charge in [-0.2, -0.15) is 0 Å². The van der Waals surface area contributed by atoms with E-state index in [-0.39, 0.29) is 24.9 Å². The monoisotopic (exact) mass is 200 g/mol. The van der Waals surface area contributed by atoms with E-state index in [9.17, 15) is 14.4 Å². The summed E-state index contributed by atoms with van der Waals surface area (Å²) in [5.41, 5.74) is 0. The summed E-state index contributed by atoms with van der Waals surface area (Å²) in [5.74, 6) is -2.58. The topological polar surface area (TPSA) is 86.7 Å². The molecule has 0 aromatic rings. The highest BCUT2D eigenvalue weighted by molar-refractivity contribution is 6.31. The van der Waals surface area contributed by atoms with Gasteiger partial charge in [0.2, 0.25) is 5.91 Å². The minimum atomic E-state index is -1.48. The average Bonchev–Trinajstić information content (AvgIpc) is 2.25. The highest BCUT2D eigenvalue weighted by atomic mass is 16.4. The largest absolute Gasteiger partial charge is 0.474 e.